The van der Waals surface area contributed by atoms with E-state index in [4.69, 9.17) is 14.3 Å². The Morgan fingerprint density at radius 1 is 1.11 bits per heavy atom. The van der Waals surface area contributed by atoms with Gasteiger partial charge >= 0.3 is 0 Å². The molecule has 0 unspecified atom stereocenters. The number of benzene rings is 2. The first-order valence-electron chi connectivity index (χ1n) is 8.65. The van der Waals surface area contributed by atoms with Crippen molar-refractivity contribution in [2.24, 2.45) is 5.16 Å². The molecule has 0 atom stereocenters. The lowest BCUT2D eigenvalue weighted by atomic mass is 10.2. The average Bonchev–Trinajstić information content (AvgIpc) is 2.72. The Morgan fingerprint density at radius 2 is 1.86 bits per heavy atom. The Hall–Kier alpha value is -3.55. The predicted octanol–water partition coefficient (Wildman–Crippen LogP) is 2.44. The molecule has 2 N–H and O–H groups in total. The van der Waals surface area contributed by atoms with Crippen LogP contribution in [-0.4, -0.2) is 45.4 Å². The van der Waals surface area contributed by atoms with Gasteiger partial charge in [0.1, 0.15) is 0 Å². The Kier molecular flexibility index (Phi) is 7.83. The Balaban J connectivity index is 1.84. The van der Waals surface area contributed by atoms with Crippen LogP contribution in [-0.2, 0) is 9.63 Å². The zero-order valence-electron chi connectivity index (χ0n) is 16.0. The molecule has 0 saturated heterocycles. The van der Waals surface area contributed by atoms with Crippen LogP contribution in [0.15, 0.2) is 47.6 Å². The molecular formula is C20H23N3O5. The number of anilines is 1. The van der Waals surface area contributed by atoms with Crippen molar-refractivity contribution in [3.05, 3.63) is 53.6 Å². The first-order chi connectivity index (χ1) is 13.6. The number of nitrogens with zero attached hydrogens (tertiary/aromatic N) is 1. The topological polar surface area (TPSA) is 98.3 Å². The summed E-state index contributed by atoms with van der Waals surface area (Å²) in [6, 6.07) is 11.8. The standard InChI is InChI=1S/C20H23N3O5/c1-4-27-17-10-5-14(11-18(17)26-3)12-22-28-13-19(24)23-16-8-6-15(7-9-16)20(25)21-2/h5-12H,4,13H2,1-3H3,(H,21,25)(H,23,24)/b22-12+. The molecule has 0 spiro atoms. The summed E-state index contributed by atoms with van der Waals surface area (Å²) in [5.41, 5.74) is 1.80. The van der Waals surface area contributed by atoms with Crippen LogP contribution in [0.4, 0.5) is 5.69 Å². The summed E-state index contributed by atoms with van der Waals surface area (Å²) < 4.78 is 10.7. The van der Waals surface area contributed by atoms with Crippen LogP contribution in [0.2, 0.25) is 0 Å². The van der Waals surface area contributed by atoms with Gasteiger partial charge in [-0.2, -0.15) is 0 Å². The van der Waals surface area contributed by atoms with Gasteiger partial charge in [0.25, 0.3) is 11.8 Å². The molecular weight excluding hydrogens is 362 g/mol. The van der Waals surface area contributed by atoms with Gasteiger partial charge in [0, 0.05) is 23.9 Å². The van der Waals surface area contributed by atoms with Crippen LogP contribution in [0.3, 0.4) is 0 Å². The van der Waals surface area contributed by atoms with Gasteiger partial charge in [0.15, 0.2) is 18.1 Å². The second kappa shape index (κ2) is 10.6. The van der Waals surface area contributed by atoms with E-state index >= 15 is 0 Å². The van der Waals surface area contributed by atoms with E-state index in [1.807, 2.05) is 6.92 Å². The molecule has 2 aromatic carbocycles. The lowest BCUT2D eigenvalue weighted by Gasteiger charge is -2.09. The van der Waals surface area contributed by atoms with Crippen LogP contribution in [0, 0.1) is 0 Å². The Morgan fingerprint density at radius 3 is 2.50 bits per heavy atom. The molecule has 2 rings (SSSR count). The number of carbonyl (C=O) groups excluding carboxylic acids is 2. The van der Waals surface area contributed by atoms with Crippen LogP contribution < -0.4 is 20.1 Å². The monoisotopic (exact) mass is 385 g/mol. The lowest BCUT2D eigenvalue weighted by molar-refractivity contribution is -0.120. The van der Waals surface area contributed by atoms with Crippen molar-refractivity contribution in [1.29, 1.82) is 0 Å². The van der Waals surface area contributed by atoms with Crippen molar-refractivity contribution in [1.82, 2.24) is 5.32 Å². The van der Waals surface area contributed by atoms with Gasteiger partial charge in [0.05, 0.1) is 19.9 Å². The third kappa shape index (κ3) is 6.01. The molecule has 2 aromatic rings. The molecule has 0 aliphatic rings. The summed E-state index contributed by atoms with van der Waals surface area (Å²) in [4.78, 5) is 28.4. The van der Waals surface area contributed by atoms with Gasteiger partial charge < -0.3 is 24.9 Å². The number of methoxy groups -OCH3 is 1. The summed E-state index contributed by atoms with van der Waals surface area (Å²) >= 11 is 0. The highest BCUT2D eigenvalue weighted by Crippen LogP contribution is 2.27. The van der Waals surface area contributed by atoms with Gasteiger partial charge in [-0.15, -0.1) is 0 Å². The molecule has 0 bridgehead atoms. The fraction of sp³-hybridized carbons (Fsp3) is 0.250. The molecule has 0 aliphatic heterocycles. The van der Waals surface area contributed by atoms with Crippen LogP contribution in [0.5, 0.6) is 11.5 Å². The van der Waals surface area contributed by atoms with Gasteiger partial charge in [0.2, 0.25) is 0 Å². The molecule has 0 heterocycles. The molecule has 8 heteroatoms. The zero-order valence-corrected chi connectivity index (χ0v) is 16.0. The maximum Gasteiger partial charge on any atom is 0.265 e. The second-order valence-electron chi connectivity index (χ2n) is 5.56. The third-order valence-corrected chi connectivity index (χ3v) is 3.62. The van der Waals surface area contributed by atoms with E-state index in [0.29, 0.717) is 29.4 Å². The summed E-state index contributed by atoms with van der Waals surface area (Å²) in [5, 5.41) is 8.97. The van der Waals surface area contributed by atoms with Gasteiger partial charge in [-0.25, -0.2) is 0 Å². The molecule has 0 aromatic heterocycles. The zero-order chi connectivity index (χ0) is 20.4. The van der Waals surface area contributed by atoms with E-state index in [1.54, 1.807) is 56.6 Å². The number of rotatable bonds is 9. The molecule has 28 heavy (non-hydrogen) atoms. The van der Waals surface area contributed by atoms with Crippen LogP contribution >= 0.6 is 0 Å². The number of hydrogen-bond acceptors (Lipinski definition) is 6. The quantitative estimate of drug-likeness (QED) is 0.510. The summed E-state index contributed by atoms with van der Waals surface area (Å²) in [6.45, 7) is 2.18. The summed E-state index contributed by atoms with van der Waals surface area (Å²) in [5.74, 6) is 0.671. The molecule has 0 aliphatic carbocycles. The average molecular weight is 385 g/mol. The van der Waals surface area contributed by atoms with Crippen molar-refractivity contribution < 1.29 is 23.9 Å². The Bertz CT molecular complexity index is 834. The predicted molar refractivity (Wildman–Crippen MR) is 106 cm³/mol. The summed E-state index contributed by atoms with van der Waals surface area (Å²) in [7, 11) is 3.11. The number of hydrogen-bond donors (Lipinski definition) is 2. The third-order valence-electron chi connectivity index (χ3n) is 3.62. The maximum atomic E-state index is 11.9. The number of oxime groups is 1. The first-order valence-corrected chi connectivity index (χ1v) is 8.65. The fourth-order valence-electron chi connectivity index (χ4n) is 2.28. The lowest BCUT2D eigenvalue weighted by Crippen LogP contribution is -2.19. The number of amides is 2. The van der Waals surface area contributed by atoms with E-state index in [2.05, 4.69) is 15.8 Å². The van der Waals surface area contributed by atoms with E-state index < -0.39 is 0 Å². The minimum Gasteiger partial charge on any atom is -0.493 e. The highest BCUT2D eigenvalue weighted by atomic mass is 16.6. The molecule has 0 fully saturated rings. The largest absolute Gasteiger partial charge is 0.493 e. The SMILES string of the molecule is CCOc1ccc(/C=N/OCC(=O)Nc2ccc(C(=O)NC)cc2)cc1OC. The van der Waals surface area contributed by atoms with Gasteiger partial charge in [-0.05, 0) is 49.4 Å². The molecule has 8 nitrogen and oxygen atoms in total. The van der Waals surface area contributed by atoms with E-state index in [1.165, 1.54) is 6.21 Å². The van der Waals surface area contributed by atoms with Gasteiger partial charge in [-0.1, -0.05) is 5.16 Å². The molecule has 148 valence electrons. The smallest absolute Gasteiger partial charge is 0.265 e. The van der Waals surface area contributed by atoms with Crippen LogP contribution in [0.25, 0.3) is 0 Å². The minimum atomic E-state index is -0.367. The highest BCUT2D eigenvalue weighted by molar-refractivity contribution is 5.95. The maximum absolute atomic E-state index is 11.9. The van der Waals surface area contributed by atoms with E-state index in [9.17, 15) is 9.59 Å². The Labute approximate surface area is 163 Å². The fourth-order valence-corrected chi connectivity index (χ4v) is 2.28. The molecule has 0 radical (unpaired) electrons. The van der Waals surface area contributed by atoms with Gasteiger partial charge in [-0.3, -0.25) is 9.59 Å². The van der Waals surface area contributed by atoms with E-state index in [-0.39, 0.29) is 18.4 Å². The van der Waals surface area contributed by atoms with Crippen molar-refractivity contribution in [3.63, 3.8) is 0 Å². The number of carbonyl (C=O) groups is 2. The van der Waals surface area contributed by atoms with Crippen LogP contribution in [0.1, 0.15) is 22.8 Å². The second-order valence-corrected chi connectivity index (χ2v) is 5.56. The first kappa shape index (κ1) is 20.8. The summed E-state index contributed by atoms with van der Waals surface area (Å²) in [6.07, 6.45) is 1.48. The number of nitrogens with one attached hydrogen (secondary N) is 2. The highest BCUT2D eigenvalue weighted by Gasteiger charge is 2.06. The van der Waals surface area contributed by atoms with Crippen molar-refractivity contribution >= 4 is 23.7 Å². The molecule has 0 saturated carbocycles. The molecule has 2 amide bonds. The van der Waals surface area contributed by atoms with Crippen molar-refractivity contribution in [2.75, 3.05) is 32.7 Å². The normalized spacial score (nSPS) is 10.4. The van der Waals surface area contributed by atoms with E-state index in [0.717, 1.165) is 5.56 Å². The minimum absolute atomic E-state index is 0.193. The van der Waals surface area contributed by atoms with Crippen molar-refractivity contribution in [2.45, 2.75) is 6.92 Å². The van der Waals surface area contributed by atoms with Crippen molar-refractivity contribution in [3.8, 4) is 11.5 Å². The number of ether oxygens (including phenoxy) is 2.